The Morgan fingerprint density at radius 1 is 1.22 bits per heavy atom. The molecular weight excluding hydrogens is 137 g/mol. The fourth-order valence-corrected chi connectivity index (χ4v) is 0.272. The zero-order valence-electron chi connectivity index (χ0n) is 4.47. The van der Waals surface area contributed by atoms with Crippen LogP contribution in [0.2, 0.25) is 0 Å². The number of aliphatic hydroxyl groups excluding tert-OH is 1. The molecule has 0 aromatic heterocycles. The predicted octanol–water partition coefficient (Wildman–Crippen LogP) is -0.0572. The van der Waals surface area contributed by atoms with Gasteiger partial charge in [0.2, 0.25) is 0 Å². The van der Waals surface area contributed by atoms with Gasteiger partial charge in [-0.2, -0.15) is 0 Å². The lowest BCUT2D eigenvalue weighted by Crippen LogP contribution is -2.31. The third-order valence-corrected chi connectivity index (χ3v) is 0.778. The van der Waals surface area contributed by atoms with Gasteiger partial charge < -0.3 is 10.2 Å². The third-order valence-electron chi connectivity index (χ3n) is 0.778. The molecule has 56 valence electrons. The van der Waals surface area contributed by atoms with E-state index in [4.69, 9.17) is 10.2 Å². The van der Waals surface area contributed by atoms with E-state index in [0.29, 0.717) is 0 Å². The van der Waals surface area contributed by atoms with Gasteiger partial charge in [-0.3, -0.25) is 0 Å². The van der Waals surface area contributed by atoms with Gasteiger partial charge in [0.15, 0.2) is 18.6 Å². The molecule has 0 saturated carbocycles. The lowest BCUT2D eigenvalue weighted by atomic mass is 10.2. The fraction of sp³-hybridized carbons (Fsp3) is 1.00. The number of hydrogen-bond acceptors (Lipinski definition) is 2. The zero-order valence-corrected chi connectivity index (χ0v) is 4.47. The summed E-state index contributed by atoms with van der Waals surface area (Å²) in [6.45, 7) is -1.54. The first kappa shape index (κ1) is 8.71. The Kier molecular flexibility index (Phi) is 3.56. The van der Waals surface area contributed by atoms with Gasteiger partial charge in [-0.15, -0.1) is 0 Å². The van der Waals surface area contributed by atoms with E-state index in [1.54, 1.807) is 0 Å². The van der Waals surface area contributed by atoms with Gasteiger partial charge in [-0.25, -0.2) is 13.2 Å². The van der Waals surface area contributed by atoms with E-state index in [9.17, 15) is 13.2 Å². The molecule has 0 aliphatic carbocycles. The van der Waals surface area contributed by atoms with Crippen LogP contribution in [0.15, 0.2) is 0 Å². The predicted molar refractivity (Wildman–Crippen MR) is 24.0 cm³/mol. The monoisotopic (exact) mass is 144 g/mol. The second-order valence-corrected chi connectivity index (χ2v) is 1.53. The summed E-state index contributed by atoms with van der Waals surface area (Å²) in [6.07, 6.45) is -7.42. The van der Waals surface area contributed by atoms with E-state index < -0.39 is 25.3 Å². The van der Waals surface area contributed by atoms with Crippen LogP contribution < -0.4 is 0 Å². The van der Waals surface area contributed by atoms with Crippen molar-refractivity contribution < 1.29 is 23.4 Å². The van der Waals surface area contributed by atoms with Crippen molar-refractivity contribution in [2.45, 2.75) is 18.6 Å². The van der Waals surface area contributed by atoms with Gasteiger partial charge >= 0.3 is 0 Å². The summed E-state index contributed by atoms with van der Waals surface area (Å²) in [5, 5.41) is 15.8. The lowest BCUT2D eigenvalue weighted by molar-refractivity contribution is -0.116. The molecule has 0 aromatic carbocycles. The highest BCUT2D eigenvalue weighted by Gasteiger charge is 2.26. The molecule has 0 saturated heterocycles. The molecule has 5 heteroatoms. The maximum absolute atomic E-state index is 11.8. The number of rotatable bonds is 3. The van der Waals surface area contributed by atoms with E-state index in [2.05, 4.69) is 0 Å². The molecular formula is C4H7F3O2. The van der Waals surface area contributed by atoms with Crippen molar-refractivity contribution in [2.24, 2.45) is 0 Å². The minimum Gasteiger partial charge on any atom is -0.366 e. The molecule has 0 rings (SSSR count). The molecule has 0 fully saturated rings. The molecule has 2 unspecified atom stereocenters. The molecule has 0 spiro atoms. The van der Waals surface area contributed by atoms with Crippen molar-refractivity contribution in [3.63, 3.8) is 0 Å². The Labute approximate surface area is 49.9 Å². The molecule has 2 atom stereocenters. The maximum Gasteiger partial charge on any atom is 0.186 e. The van der Waals surface area contributed by atoms with Crippen molar-refractivity contribution in [2.75, 3.05) is 6.67 Å². The second kappa shape index (κ2) is 3.68. The Balaban J connectivity index is 3.58. The molecule has 0 amide bonds. The number of aliphatic hydroxyl groups is 2. The van der Waals surface area contributed by atoms with Crippen molar-refractivity contribution >= 4 is 0 Å². The summed E-state index contributed by atoms with van der Waals surface area (Å²) < 4.78 is 34.7. The summed E-state index contributed by atoms with van der Waals surface area (Å²) in [5.74, 6) is 0. The van der Waals surface area contributed by atoms with Crippen LogP contribution >= 0.6 is 0 Å². The van der Waals surface area contributed by atoms with E-state index in [0.717, 1.165) is 0 Å². The minimum absolute atomic E-state index is 1.54. The normalized spacial score (nSPS) is 18.0. The standard InChI is InChI=1S/C4H7F3O2/c5-1-2(6)3(7)4(8)9/h2-4,8-9H,1H2. The molecule has 0 heterocycles. The highest BCUT2D eigenvalue weighted by atomic mass is 19.2. The molecule has 9 heavy (non-hydrogen) atoms. The molecule has 2 nitrogen and oxygen atoms in total. The fourth-order valence-electron chi connectivity index (χ4n) is 0.272. The maximum atomic E-state index is 11.8. The highest BCUT2D eigenvalue weighted by molar-refractivity contribution is 4.67. The van der Waals surface area contributed by atoms with Crippen molar-refractivity contribution in [1.82, 2.24) is 0 Å². The number of alkyl halides is 3. The van der Waals surface area contributed by atoms with Gasteiger partial charge in [0.25, 0.3) is 0 Å². The molecule has 2 N–H and O–H groups in total. The van der Waals surface area contributed by atoms with Gasteiger partial charge in [0, 0.05) is 0 Å². The largest absolute Gasteiger partial charge is 0.366 e. The van der Waals surface area contributed by atoms with E-state index in [1.165, 1.54) is 0 Å². The first-order valence-electron chi connectivity index (χ1n) is 2.30. The molecule has 0 radical (unpaired) electrons. The summed E-state index contributed by atoms with van der Waals surface area (Å²) in [4.78, 5) is 0. The van der Waals surface area contributed by atoms with Crippen molar-refractivity contribution in [3.05, 3.63) is 0 Å². The van der Waals surface area contributed by atoms with Crippen LogP contribution in [-0.4, -0.2) is 35.5 Å². The highest BCUT2D eigenvalue weighted by Crippen LogP contribution is 2.07. The first-order chi connectivity index (χ1) is 4.09. The van der Waals surface area contributed by atoms with Gasteiger partial charge in [0.1, 0.15) is 6.67 Å². The Morgan fingerprint density at radius 2 is 1.67 bits per heavy atom. The van der Waals surface area contributed by atoms with Crippen LogP contribution in [0.5, 0.6) is 0 Å². The van der Waals surface area contributed by atoms with Crippen LogP contribution in [0.25, 0.3) is 0 Å². The average molecular weight is 144 g/mol. The SMILES string of the molecule is OC(O)C(F)C(F)CF. The Hall–Kier alpha value is -0.290. The van der Waals surface area contributed by atoms with Crippen LogP contribution in [0.3, 0.4) is 0 Å². The van der Waals surface area contributed by atoms with Crippen LogP contribution in [0.1, 0.15) is 0 Å². The smallest absolute Gasteiger partial charge is 0.186 e. The van der Waals surface area contributed by atoms with Gasteiger partial charge in [-0.1, -0.05) is 0 Å². The number of hydrogen-bond donors (Lipinski definition) is 2. The minimum atomic E-state index is -2.55. The van der Waals surface area contributed by atoms with Crippen molar-refractivity contribution in [3.8, 4) is 0 Å². The zero-order chi connectivity index (χ0) is 7.44. The summed E-state index contributed by atoms with van der Waals surface area (Å²) >= 11 is 0. The van der Waals surface area contributed by atoms with Crippen molar-refractivity contribution in [1.29, 1.82) is 0 Å². The summed E-state index contributed by atoms with van der Waals surface area (Å²) in [5.41, 5.74) is 0. The lowest BCUT2D eigenvalue weighted by Gasteiger charge is -2.10. The van der Waals surface area contributed by atoms with Crippen LogP contribution in [0.4, 0.5) is 13.2 Å². The summed E-state index contributed by atoms with van der Waals surface area (Å²) in [6, 6.07) is 0. The topological polar surface area (TPSA) is 40.5 Å². The third kappa shape index (κ3) is 2.67. The van der Waals surface area contributed by atoms with Gasteiger partial charge in [-0.05, 0) is 0 Å². The van der Waals surface area contributed by atoms with E-state index in [-0.39, 0.29) is 0 Å². The first-order valence-corrected chi connectivity index (χ1v) is 2.30. The molecule has 0 aliphatic rings. The molecule has 0 bridgehead atoms. The second-order valence-electron chi connectivity index (χ2n) is 1.53. The molecule has 0 aliphatic heterocycles. The van der Waals surface area contributed by atoms with Crippen LogP contribution in [-0.2, 0) is 0 Å². The quantitative estimate of drug-likeness (QED) is 0.545. The van der Waals surface area contributed by atoms with E-state index >= 15 is 0 Å². The van der Waals surface area contributed by atoms with Gasteiger partial charge in [0.05, 0.1) is 0 Å². The average Bonchev–Trinajstić information content (AvgIpc) is 1.84. The molecule has 0 aromatic rings. The summed E-state index contributed by atoms with van der Waals surface area (Å²) in [7, 11) is 0. The Morgan fingerprint density at radius 3 is 1.78 bits per heavy atom. The number of halogens is 3. The van der Waals surface area contributed by atoms with E-state index in [1.807, 2.05) is 0 Å². The van der Waals surface area contributed by atoms with Crippen LogP contribution in [0, 0.1) is 0 Å². The Bertz CT molecular complexity index is 78.2.